The molecule has 0 aromatic heterocycles. The monoisotopic (exact) mass is 278 g/mol. The van der Waals surface area contributed by atoms with Crippen LogP contribution >= 0.6 is 12.2 Å². The maximum absolute atomic E-state index is 12.0. The van der Waals surface area contributed by atoms with Gasteiger partial charge in [-0.15, -0.1) is 0 Å². The van der Waals surface area contributed by atoms with E-state index in [9.17, 15) is 8.42 Å². The number of hydrogen-bond donors (Lipinski definition) is 2. The minimum atomic E-state index is -3.43. The number of hydrogen-bond acceptors (Lipinski definition) is 3. The number of thiocarbonyl (C=S) groups is 1. The molecule has 4 unspecified atom stereocenters. The summed E-state index contributed by atoms with van der Waals surface area (Å²) in [6.45, 7) is 5.80. The molecule has 0 radical (unpaired) electrons. The Kier molecular flexibility index (Phi) is 4.92. The van der Waals surface area contributed by atoms with E-state index in [2.05, 4.69) is 18.6 Å². The second kappa shape index (κ2) is 5.63. The Bertz CT molecular complexity index is 381. The first-order valence-electron chi connectivity index (χ1n) is 6.06. The molecule has 0 amide bonds. The second-order valence-corrected chi connectivity index (χ2v) is 7.59. The highest BCUT2D eigenvalue weighted by atomic mass is 32.2. The first-order valence-corrected chi connectivity index (χ1v) is 8.01. The molecule has 1 aliphatic carbocycles. The molecule has 4 nitrogen and oxygen atoms in total. The van der Waals surface area contributed by atoms with Gasteiger partial charge >= 0.3 is 0 Å². The van der Waals surface area contributed by atoms with Crippen molar-refractivity contribution in [1.29, 1.82) is 0 Å². The number of nitrogens with two attached hydrogens (primary N) is 1. The quantitative estimate of drug-likeness (QED) is 0.763. The normalized spacial score (nSPS) is 32.1. The Morgan fingerprint density at radius 2 is 2.00 bits per heavy atom. The van der Waals surface area contributed by atoms with Crippen molar-refractivity contribution in [1.82, 2.24) is 4.72 Å². The molecule has 0 aliphatic heterocycles. The lowest BCUT2D eigenvalue weighted by Crippen LogP contribution is -2.48. The zero-order valence-corrected chi connectivity index (χ0v) is 12.3. The topological polar surface area (TPSA) is 72.2 Å². The van der Waals surface area contributed by atoms with E-state index < -0.39 is 15.3 Å². The second-order valence-electron chi connectivity index (χ2n) is 5.08. The molecule has 3 N–H and O–H groups in total. The third kappa shape index (κ3) is 3.63. The molecule has 1 saturated carbocycles. The third-order valence-corrected chi connectivity index (χ3v) is 6.21. The number of rotatable bonds is 4. The fourth-order valence-electron chi connectivity index (χ4n) is 2.21. The van der Waals surface area contributed by atoms with Crippen LogP contribution in [0, 0.1) is 11.8 Å². The van der Waals surface area contributed by atoms with Gasteiger partial charge < -0.3 is 5.73 Å². The molecule has 17 heavy (non-hydrogen) atoms. The van der Waals surface area contributed by atoms with Gasteiger partial charge in [-0.1, -0.05) is 38.9 Å². The first-order chi connectivity index (χ1) is 7.75. The first kappa shape index (κ1) is 14.9. The lowest BCUT2D eigenvalue weighted by molar-refractivity contribution is 0.227. The van der Waals surface area contributed by atoms with Crippen LogP contribution in [0.3, 0.4) is 0 Å². The molecule has 1 fully saturated rings. The van der Waals surface area contributed by atoms with Crippen LogP contribution in [-0.2, 0) is 10.0 Å². The van der Waals surface area contributed by atoms with Crippen LogP contribution in [0.25, 0.3) is 0 Å². The summed E-state index contributed by atoms with van der Waals surface area (Å²) in [6, 6.07) is 0.0144. The van der Waals surface area contributed by atoms with E-state index in [0.717, 1.165) is 12.8 Å². The van der Waals surface area contributed by atoms with Crippen molar-refractivity contribution in [3.8, 4) is 0 Å². The Labute approximate surface area is 109 Å². The Hall–Kier alpha value is -0.200. The van der Waals surface area contributed by atoms with Gasteiger partial charge in [0.1, 0.15) is 5.25 Å². The Morgan fingerprint density at radius 3 is 2.53 bits per heavy atom. The highest BCUT2D eigenvalue weighted by molar-refractivity contribution is 7.93. The summed E-state index contributed by atoms with van der Waals surface area (Å²) >= 11 is 4.75. The van der Waals surface area contributed by atoms with Gasteiger partial charge in [0.05, 0.1) is 4.99 Å². The highest BCUT2D eigenvalue weighted by Crippen LogP contribution is 2.30. The molecule has 1 rings (SSSR count). The minimum absolute atomic E-state index is 0.0144. The minimum Gasteiger partial charge on any atom is -0.392 e. The summed E-state index contributed by atoms with van der Waals surface area (Å²) in [6.07, 6.45) is 3.14. The highest BCUT2D eigenvalue weighted by Gasteiger charge is 2.32. The van der Waals surface area contributed by atoms with E-state index in [0.29, 0.717) is 11.8 Å². The van der Waals surface area contributed by atoms with E-state index in [1.165, 1.54) is 13.3 Å². The van der Waals surface area contributed by atoms with Crippen molar-refractivity contribution < 1.29 is 8.42 Å². The van der Waals surface area contributed by atoms with E-state index in [1.807, 2.05) is 0 Å². The van der Waals surface area contributed by atoms with Gasteiger partial charge in [0.2, 0.25) is 10.0 Å². The molecule has 100 valence electrons. The largest absolute Gasteiger partial charge is 0.392 e. The molecule has 0 saturated heterocycles. The van der Waals surface area contributed by atoms with Gasteiger partial charge in [0, 0.05) is 6.04 Å². The van der Waals surface area contributed by atoms with E-state index in [4.69, 9.17) is 18.0 Å². The van der Waals surface area contributed by atoms with Crippen LogP contribution < -0.4 is 10.5 Å². The van der Waals surface area contributed by atoms with Gasteiger partial charge in [0.15, 0.2) is 0 Å². The van der Waals surface area contributed by atoms with Crippen LogP contribution in [0.4, 0.5) is 0 Å². The standard InChI is InChI=1S/C11H22N2O2S2/c1-7-5-4-6-10(8(7)2)13-17(14,15)9(3)11(12)16/h7-10,13H,4-6H2,1-3H3,(H2,12,16). The van der Waals surface area contributed by atoms with E-state index >= 15 is 0 Å². The number of nitrogens with one attached hydrogen (secondary N) is 1. The van der Waals surface area contributed by atoms with Crippen LogP contribution in [0.5, 0.6) is 0 Å². The smallest absolute Gasteiger partial charge is 0.220 e. The summed E-state index contributed by atoms with van der Waals surface area (Å²) in [5, 5.41) is -0.804. The predicted molar refractivity (Wildman–Crippen MR) is 74.3 cm³/mol. The van der Waals surface area contributed by atoms with Crippen molar-refractivity contribution in [2.75, 3.05) is 0 Å². The molecule has 0 aromatic rings. The zero-order chi connectivity index (χ0) is 13.2. The molecular weight excluding hydrogens is 256 g/mol. The van der Waals surface area contributed by atoms with Crippen LogP contribution in [0.1, 0.15) is 40.0 Å². The lowest BCUT2D eigenvalue weighted by Gasteiger charge is -2.34. The maximum Gasteiger partial charge on any atom is 0.220 e. The van der Waals surface area contributed by atoms with Crippen molar-refractivity contribution in [2.24, 2.45) is 17.6 Å². The fourth-order valence-corrected chi connectivity index (χ4v) is 3.86. The summed E-state index contributed by atoms with van der Waals surface area (Å²) in [5.41, 5.74) is 5.40. The summed E-state index contributed by atoms with van der Waals surface area (Å²) in [7, 11) is -3.43. The van der Waals surface area contributed by atoms with Crippen LogP contribution in [0.2, 0.25) is 0 Å². The molecular formula is C11H22N2O2S2. The Balaban J connectivity index is 2.73. The summed E-state index contributed by atoms with van der Waals surface area (Å²) < 4.78 is 26.8. The molecule has 4 atom stereocenters. The van der Waals surface area contributed by atoms with Gasteiger partial charge in [-0.25, -0.2) is 13.1 Å². The summed E-state index contributed by atoms with van der Waals surface area (Å²) in [5.74, 6) is 0.911. The van der Waals surface area contributed by atoms with Crippen molar-refractivity contribution in [3.05, 3.63) is 0 Å². The van der Waals surface area contributed by atoms with Gasteiger partial charge in [0.25, 0.3) is 0 Å². The molecule has 0 heterocycles. The van der Waals surface area contributed by atoms with Gasteiger partial charge in [-0.2, -0.15) is 0 Å². The fraction of sp³-hybridized carbons (Fsp3) is 0.909. The Morgan fingerprint density at radius 1 is 1.41 bits per heavy atom. The lowest BCUT2D eigenvalue weighted by atomic mass is 9.78. The van der Waals surface area contributed by atoms with E-state index in [-0.39, 0.29) is 11.0 Å². The number of sulfonamides is 1. The third-order valence-electron chi connectivity index (χ3n) is 3.89. The molecule has 0 spiro atoms. The zero-order valence-electron chi connectivity index (χ0n) is 10.6. The van der Waals surface area contributed by atoms with E-state index in [1.54, 1.807) is 0 Å². The van der Waals surface area contributed by atoms with Gasteiger partial charge in [-0.3, -0.25) is 0 Å². The molecule has 0 bridgehead atoms. The van der Waals surface area contributed by atoms with Crippen molar-refractivity contribution >= 4 is 27.2 Å². The predicted octanol–water partition coefficient (Wildman–Crippen LogP) is 1.41. The summed E-state index contributed by atoms with van der Waals surface area (Å²) in [4.78, 5) is 0.0222. The average molecular weight is 278 g/mol. The van der Waals surface area contributed by atoms with Crippen LogP contribution in [-0.4, -0.2) is 24.7 Å². The molecule has 1 aliphatic rings. The van der Waals surface area contributed by atoms with Crippen molar-refractivity contribution in [2.45, 2.75) is 51.3 Å². The van der Waals surface area contributed by atoms with Crippen molar-refractivity contribution in [3.63, 3.8) is 0 Å². The molecule has 0 aromatic carbocycles. The van der Waals surface area contributed by atoms with Gasteiger partial charge in [-0.05, 0) is 25.2 Å². The SMILES string of the molecule is CC1CCCC(NS(=O)(=O)C(C)C(N)=S)C1C. The van der Waals surface area contributed by atoms with Crippen LogP contribution in [0.15, 0.2) is 0 Å². The average Bonchev–Trinajstić information content (AvgIpc) is 2.23. The molecule has 6 heteroatoms. The maximum atomic E-state index is 12.0.